The summed E-state index contributed by atoms with van der Waals surface area (Å²) < 4.78 is 4.90. The Morgan fingerprint density at radius 3 is 2.25 bits per heavy atom. The standard InChI is InChI=1S/C24H27N3O5/c1-2-32-23(30)25-20-5-3-4-19(16-20)17-6-8-18(9-7-17)21(28)26-12-14-27(15-13-26)22(29)24(31)10-11-24/h3-9,16,31H,2,10-15H2,1H3,(H,25,30). The summed E-state index contributed by atoms with van der Waals surface area (Å²) in [7, 11) is 0. The minimum absolute atomic E-state index is 0.0773. The Kier molecular flexibility index (Phi) is 6.14. The first-order valence-corrected chi connectivity index (χ1v) is 10.8. The maximum atomic E-state index is 12.9. The molecule has 0 radical (unpaired) electrons. The fraction of sp³-hybridized carbons (Fsp3) is 0.375. The topological polar surface area (TPSA) is 99.2 Å². The van der Waals surface area contributed by atoms with Gasteiger partial charge in [0, 0.05) is 37.4 Å². The van der Waals surface area contributed by atoms with Crippen LogP contribution in [0.4, 0.5) is 10.5 Å². The number of ether oxygens (including phenoxy) is 1. The molecule has 1 saturated carbocycles. The zero-order valence-electron chi connectivity index (χ0n) is 18.0. The van der Waals surface area contributed by atoms with Crippen LogP contribution in [0.25, 0.3) is 11.1 Å². The fourth-order valence-electron chi connectivity index (χ4n) is 3.79. The molecule has 2 N–H and O–H groups in total. The summed E-state index contributed by atoms with van der Waals surface area (Å²) in [4.78, 5) is 40.2. The van der Waals surface area contributed by atoms with Crippen LogP contribution in [0, 0.1) is 0 Å². The lowest BCUT2D eigenvalue weighted by molar-refractivity contribution is -0.143. The third-order valence-electron chi connectivity index (χ3n) is 5.83. The number of carbonyl (C=O) groups excluding carboxylic acids is 3. The number of hydrogen-bond donors (Lipinski definition) is 2. The van der Waals surface area contributed by atoms with Crippen molar-refractivity contribution in [1.29, 1.82) is 0 Å². The van der Waals surface area contributed by atoms with E-state index >= 15 is 0 Å². The van der Waals surface area contributed by atoms with Crippen LogP contribution >= 0.6 is 0 Å². The number of rotatable bonds is 5. The Labute approximate surface area is 186 Å². The first kappa shape index (κ1) is 21.8. The number of amides is 3. The molecule has 32 heavy (non-hydrogen) atoms. The SMILES string of the molecule is CCOC(=O)Nc1cccc(-c2ccc(C(=O)N3CCN(C(=O)C4(O)CC4)CC3)cc2)c1. The lowest BCUT2D eigenvalue weighted by atomic mass is 10.0. The molecule has 2 aliphatic rings. The zero-order chi connectivity index (χ0) is 22.7. The predicted octanol–water partition coefficient (Wildman–Crippen LogP) is 2.73. The lowest BCUT2D eigenvalue weighted by Crippen LogP contribution is -2.53. The van der Waals surface area contributed by atoms with E-state index in [1.165, 1.54) is 0 Å². The molecule has 1 aliphatic carbocycles. The van der Waals surface area contributed by atoms with Crippen molar-refractivity contribution in [3.8, 4) is 11.1 Å². The summed E-state index contributed by atoms with van der Waals surface area (Å²) in [6.45, 7) is 3.82. The molecule has 0 spiro atoms. The Morgan fingerprint density at radius 2 is 1.62 bits per heavy atom. The van der Waals surface area contributed by atoms with Crippen molar-refractivity contribution in [3.05, 3.63) is 54.1 Å². The van der Waals surface area contributed by atoms with Gasteiger partial charge < -0.3 is 19.6 Å². The third kappa shape index (κ3) is 4.75. The highest BCUT2D eigenvalue weighted by atomic mass is 16.5. The third-order valence-corrected chi connectivity index (χ3v) is 5.83. The van der Waals surface area contributed by atoms with Gasteiger partial charge in [0.15, 0.2) is 0 Å². The predicted molar refractivity (Wildman–Crippen MR) is 119 cm³/mol. The number of hydrogen-bond acceptors (Lipinski definition) is 5. The number of anilines is 1. The second-order valence-corrected chi connectivity index (χ2v) is 8.12. The number of aliphatic hydroxyl groups is 1. The average Bonchev–Trinajstić information content (AvgIpc) is 3.57. The summed E-state index contributed by atoms with van der Waals surface area (Å²) in [5, 5.41) is 12.7. The molecule has 1 heterocycles. The van der Waals surface area contributed by atoms with Gasteiger partial charge in [-0.3, -0.25) is 14.9 Å². The van der Waals surface area contributed by atoms with Gasteiger partial charge >= 0.3 is 6.09 Å². The van der Waals surface area contributed by atoms with E-state index in [0.29, 0.717) is 56.9 Å². The van der Waals surface area contributed by atoms with Crippen LogP contribution in [0.3, 0.4) is 0 Å². The van der Waals surface area contributed by atoms with E-state index in [4.69, 9.17) is 4.74 Å². The number of benzene rings is 2. The Balaban J connectivity index is 1.37. The maximum absolute atomic E-state index is 12.9. The molecule has 4 rings (SSSR count). The molecular weight excluding hydrogens is 410 g/mol. The van der Waals surface area contributed by atoms with Crippen molar-refractivity contribution in [3.63, 3.8) is 0 Å². The van der Waals surface area contributed by atoms with E-state index in [1.807, 2.05) is 30.3 Å². The van der Waals surface area contributed by atoms with Crippen LogP contribution in [0.2, 0.25) is 0 Å². The molecule has 2 aromatic rings. The highest BCUT2D eigenvalue weighted by Crippen LogP contribution is 2.37. The van der Waals surface area contributed by atoms with Gasteiger partial charge in [-0.25, -0.2) is 4.79 Å². The normalized spacial score (nSPS) is 16.9. The van der Waals surface area contributed by atoms with Gasteiger partial charge in [0.2, 0.25) is 0 Å². The molecule has 0 atom stereocenters. The number of nitrogens with zero attached hydrogens (tertiary/aromatic N) is 2. The monoisotopic (exact) mass is 437 g/mol. The summed E-state index contributed by atoms with van der Waals surface area (Å²) in [5.74, 6) is -0.292. The van der Waals surface area contributed by atoms with E-state index in [2.05, 4.69) is 5.32 Å². The molecule has 8 nitrogen and oxygen atoms in total. The van der Waals surface area contributed by atoms with Crippen molar-refractivity contribution >= 4 is 23.6 Å². The van der Waals surface area contributed by atoms with Gasteiger partial charge in [0.25, 0.3) is 11.8 Å². The van der Waals surface area contributed by atoms with Crippen molar-refractivity contribution < 1.29 is 24.2 Å². The van der Waals surface area contributed by atoms with Crippen molar-refractivity contribution in [2.75, 3.05) is 38.1 Å². The van der Waals surface area contributed by atoms with E-state index in [9.17, 15) is 19.5 Å². The van der Waals surface area contributed by atoms with E-state index in [-0.39, 0.29) is 11.8 Å². The molecule has 1 saturated heterocycles. The van der Waals surface area contributed by atoms with E-state index < -0.39 is 11.7 Å². The van der Waals surface area contributed by atoms with Gasteiger partial charge in [-0.1, -0.05) is 24.3 Å². The van der Waals surface area contributed by atoms with Crippen LogP contribution in [0.15, 0.2) is 48.5 Å². The largest absolute Gasteiger partial charge is 0.450 e. The highest BCUT2D eigenvalue weighted by molar-refractivity contribution is 5.95. The molecule has 0 unspecified atom stereocenters. The molecular formula is C24H27N3O5. The molecule has 1 aliphatic heterocycles. The summed E-state index contributed by atoms with van der Waals surface area (Å²) >= 11 is 0. The van der Waals surface area contributed by atoms with Gasteiger partial charge in [-0.2, -0.15) is 0 Å². The smallest absolute Gasteiger partial charge is 0.411 e. The minimum Gasteiger partial charge on any atom is -0.450 e. The summed E-state index contributed by atoms with van der Waals surface area (Å²) in [6.07, 6.45) is 0.553. The Morgan fingerprint density at radius 1 is 0.969 bits per heavy atom. The average molecular weight is 437 g/mol. The quantitative estimate of drug-likeness (QED) is 0.749. The van der Waals surface area contributed by atoms with Gasteiger partial charge in [-0.05, 0) is 55.2 Å². The summed E-state index contributed by atoms with van der Waals surface area (Å²) in [5.41, 5.74) is 1.87. The second kappa shape index (κ2) is 9.00. The Bertz CT molecular complexity index is 1010. The zero-order valence-corrected chi connectivity index (χ0v) is 18.0. The van der Waals surface area contributed by atoms with Crippen molar-refractivity contribution in [1.82, 2.24) is 9.80 Å². The van der Waals surface area contributed by atoms with E-state index in [1.54, 1.807) is 34.9 Å². The van der Waals surface area contributed by atoms with Crippen LogP contribution < -0.4 is 5.32 Å². The van der Waals surface area contributed by atoms with Crippen LogP contribution in [0.5, 0.6) is 0 Å². The Hall–Kier alpha value is -3.39. The molecule has 168 valence electrons. The highest BCUT2D eigenvalue weighted by Gasteiger charge is 2.50. The fourth-order valence-corrected chi connectivity index (χ4v) is 3.79. The molecule has 3 amide bonds. The lowest BCUT2D eigenvalue weighted by Gasteiger charge is -2.35. The molecule has 8 heteroatoms. The van der Waals surface area contributed by atoms with Gasteiger partial charge in [-0.15, -0.1) is 0 Å². The number of nitrogens with one attached hydrogen (secondary N) is 1. The number of carbonyl (C=O) groups is 3. The van der Waals surface area contributed by atoms with Crippen molar-refractivity contribution in [2.45, 2.75) is 25.4 Å². The van der Waals surface area contributed by atoms with E-state index in [0.717, 1.165) is 11.1 Å². The first-order valence-electron chi connectivity index (χ1n) is 10.8. The molecule has 0 aromatic heterocycles. The molecule has 2 aromatic carbocycles. The van der Waals surface area contributed by atoms with Crippen molar-refractivity contribution in [2.24, 2.45) is 0 Å². The van der Waals surface area contributed by atoms with Gasteiger partial charge in [0.05, 0.1) is 6.61 Å². The molecule has 2 fully saturated rings. The molecule has 0 bridgehead atoms. The minimum atomic E-state index is -1.16. The second-order valence-electron chi connectivity index (χ2n) is 8.12. The van der Waals surface area contributed by atoms with Crippen LogP contribution in [-0.4, -0.2) is 71.2 Å². The number of piperazine rings is 1. The first-order chi connectivity index (χ1) is 15.4. The van der Waals surface area contributed by atoms with Gasteiger partial charge in [0.1, 0.15) is 5.60 Å². The maximum Gasteiger partial charge on any atom is 0.411 e. The summed E-state index contributed by atoms with van der Waals surface area (Å²) in [6, 6.07) is 14.7. The van der Waals surface area contributed by atoms with Crippen LogP contribution in [-0.2, 0) is 9.53 Å². The van der Waals surface area contributed by atoms with Crippen LogP contribution in [0.1, 0.15) is 30.1 Å².